The lowest BCUT2D eigenvalue weighted by Crippen LogP contribution is -2.46. The summed E-state index contributed by atoms with van der Waals surface area (Å²) < 4.78 is 13.2. The van der Waals surface area contributed by atoms with Gasteiger partial charge in [-0.2, -0.15) is 10.1 Å². The van der Waals surface area contributed by atoms with E-state index in [1.165, 1.54) is 5.56 Å². The minimum atomic E-state index is 0.159. The third-order valence-electron chi connectivity index (χ3n) is 7.60. The highest BCUT2D eigenvalue weighted by atomic mass is 16.5. The lowest BCUT2D eigenvalue weighted by molar-refractivity contribution is 0.0674. The van der Waals surface area contributed by atoms with Crippen LogP contribution >= 0.6 is 0 Å². The van der Waals surface area contributed by atoms with Crippen molar-refractivity contribution in [1.29, 1.82) is 0 Å². The van der Waals surface area contributed by atoms with E-state index in [9.17, 15) is 0 Å². The van der Waals surface area contributed by atoms with Gasteiger partial charge in [0, 0.05) is 51.5 Å². The SMILES string of the molecule is Nc1nc2cc(-c3nn(C4CCOCC4)c4ncnc(N5CCN(Cc6ccccc6)CC5)c34)ccc2o1. The maximum atomic E-state index is 5.81. The van der Waals surface area contributed by atoms with Gasteiger partial charge in [0.1, 0.15) is 23.4 Å². The fraction of sp³-hybridized carbons (Fsp3) is 0.357. The maximum absolute atomic E-state index is 5.81. The van der Waals surface area contributed by atoms with Gasteiger partial charge in [-0.3, -0.25) is 4.90 Å². The molecule has 0 atom stereocenters. The standard InChI is InChI=1S/C28H30N8O2/c29-28-32-22-16-20(6-7-23(22)38-28)25-24-26(30-18-31-27(24)36(33-25)21-8-14-37-15-9-21)35-12-10-34(11-13-35)17-19-4-2-1-3-5-19/h1-7,16,18,21H,8-15,17H2,(H2,29,32). The number of aromatic nitrogens is 5. The first kappa shape index (κ1) is 23.1. The zero-order chi connectivity index (χ0) is 25.5. The number of anilines is 2. The minimum absolute atomic E-state index is 0.159. The number of benzene rings is 2. The Morgan fingerprint density at radius 2 is 1.76 bits per heavy atom. The Morgan fingerprint density at radius 3 is 2.58 bits per heavy atom. The second-order valence-electron chi connectivity index (χ2n) is 10.0. The molecule has 7 rings (SSSR count). The number of nitrogens with zero attached hydrogens (tertiary/aromatic N) is 7. The molecule has 10 heteroatoms. The van der Waals surface area contributed by atoms with Crippen molar-refractivity contribution in [2.45, 2.75) is 25.4 Å². The quantitative estimate of drug-likeness (QED) is 0.376. The van der Waals surface area contributed by atoms with Crippen LogP contribution in [0.1, 0.15) is 24.4 Å². The van der Waals surface area contributed by atoms with Crippen LogP contribution in [0.3, 0.4) is 0 Å². The second-order valence-corrected chi connectivity index (χ2v) is 10.0. The average Bonchev–Trinajstić information content (AvgIpc) is 3.54. The Labute approximate surface area is 220 Å². The van der Waals surface area contributed by atoms with E-state index in [-0.39, 0.29) is 12.1 Å². The van der Waals surface area contributed by atoms with Crippen LogP contribution in [0.15, 0.2) is 59.3 Å². The van der Waals surface area contributed by atoms with E-state index in [0.717, 1.165) is 86.9 Å². The molecule has 38 heavy (non-hydrogen) atoms. The molecule has 2 aliphatic rings. The molecule has 2 saturated heterocycles. The van der Waals surface area contributed by atoms with Gasteiger partial charge in [-0.05, 0) is 36.6 Å². The summed E-state index contributed by atoms with van der Waals surface area (Å²) in [6.07, 6.45) is 3.50. The number of rotatable bonds is 5. The van der Waals surface area contributed by atoms with Crippen molar-refractivity contribution in [3.8, 4) is 11.3 Å². The zero-order valence-corrected chi connectivity index (χ0v) is 21.2. The molecule has 2 aliphatic heterocycles. The van der Waals surface area contributed by atoms with Gasteiger partial charge in [0.15, 0.2) is 11.2 Å². The van der Waals surface area contributed by atoms with Crippen LogP contribution in [-0.2, 0) is 11.3 Å². The summed E-state index contributed by atoms with van der Waals surface area (Å²) in [4.78, 5) is 18.8. The fourth-order valence-electron chi connectivity index (χ4n) is 5.64. The number of hydrogen-bond acceptors (Lipinski definition) is 9. The molecule has 5 heterocycles. The number of fused-ring (bicyclic) bond motifs is 2. The summed E-state index contributed by atoms with van der Waals surface area (Å²) in [5, 5.41) is 6.13. The van der Waals surface area contributed by atoms with Crippen molar-refractivity contribution in [3.63, 3.8) is 0 Å². The summed E-state index contributed by atoms with van der Waals surface area (Å²) in [6.45, 7) is 6.13. The molecule has 0 amide bonds. The van der Waals surface area contributed by atoms with Gasteiger partial charge in [-0.25, -0.2) is 14.6 Å². The van der Waals surface area contributed by atoms with Crippen molar-refractivity contribution in [2.75, 3.05) is 50.0 Å². The molecule has 2 fully saturated rings. The molecular weight excluding hydrogens is 480 g/mol. The van der Waals surface area contributed by atoms with Crippen LogP contribution in [0.25, 0.3) is 33.4 Å². The lowest BCUT2D eigenvalue weighted by atomic mass is 10.1. The first-order chi connectivity index (χ1) is 18.7. The lowest BCUT2D eigenvalue weighted by Gasteiger charge is -2.35. The average molecular weight is 511 g/mol. The van der Waals surface area contributed by atoms with Crippen molar-refractivity contribution in [2.24, 2.45) is 0 Å². The van der Waals surface area contributed by atoms with Crippen molar-refractivity contribution < 1.29 is 9.15 Å². The van der Waals surface area contributed by atoms with Crippen molar-refractivity contribution >= 4 is 34.0 Å². The molecule has 0 saturated carbocycles. The van der Waals surface area contributed by atoms with Crippen LogP contribution in [0.4, 0.5) is 11.8 Å². The Balaban J connectivity index is 1.27. The predicted molar refractivity (Wildman–Crippen MR) is 146 cm³/mol. The highest BCUT2D eigenvalue weighted by Crippen LogP contribution is 2.37. The molecule has 0 unspecified atom stereocenters. The van der Waals surface area contributed by atoms with Gasteiger partial charge in [0.2, 0.25) is 0 Å². The second kappa shape index (κ2) is 9.70. The van der Waals surface area contributed by atoms with Crippen LogP contribution in [-0.4, -0.2) is 69.0 Å². The molecule has 0 bridgehead atoms. The molecule has 194 valence electrons. The molecular formula is C28H30N8O2. The number of ether oxygens (including phenoxy) is 1. The van der Waals surface area contributed by atoms with Crippen LogP contribution in [0.2, 0.25) is 0 Å². The largest absolute Gasteiger partial charge is 0.424 e. The minimum Gasteiger partial charge on any atom is -0.424 e. The van der Waals surface area contributed by atoms with Gasteiger partial charge in [-0.15, -0.1) is 0 Å². The van der Waals surface area contributed by atoms with E-state index in [0.29, 0.717) is 11.1 Å². The van der Waals surface area contributed by atoms with Crippen LogP contribution in [0.5, 0.6) is 0 Å². The van der Waals surface area contributed by atoms with Gasteiger partial charge < -0.3 is 19.8 Å². The van der Waals surface area contributed by atoms with Crippen molar-refractivity contribution in [1.82, 2.24) is 29.6 Å². The normalized spacial score (nSPS) is 17.5. The van der Waals surface area contributed by atoms with Crippen LogP contribution in [0, 0.1) is 0 Å². The Kier molecular flexibility index (Phi) is 5.90. The first-order valence-corrected chi connectivity index (χ1v) is 13.2. The van der Waals surface area contributed by atoms with E-state index in [1.54, 1.807) is 6.33 Å². The summed E-state index contributed by atoms with van der Waals surface area (Å²) in [5.74, 6) is 0.933. The van der Waals surface area contributed by atoms with Crippen molar-refractivity contribution in [3.05, 3.63) is 60.4 Å². The molecule has 10 nitrogen and oxygen atoms in total. The number of oxazole rings is 1. The van der Waals surface area contributed by atoms with Crippen LogP contribution < -0.4 is 10.6 Å². The molecule has 0 spiro atoms. The monoisotopic (exact) mass is 510 g/mol. The highest BCUT2D eigenvalue weighted by Gasteiger charge is 2.28. The third-order valence-corrected chi connectivity index (χ3v) is 7.60. The summed E-state index contributed by atoms with van der Waals surface area (Å²) in [7, 11) is 0. The zero-order valence-electron chi connectivity index (χ0n) is 21.2. The van der Waals surface area contributed by atoms with E-state index in [1.807, 2.05) is 18.2 Å². The topological polar surface area (TPSA) is 111 Å². The molecule has 0 aliphatic carbocycles. The number of piperazine rings is 1. The smallest absolute Gasteiger partial charge is 0.292 e. The maximum Gasteiger partial charge on any atom is 0.292 e. The summed E-state index contributed by atoms with van der Waals surface area (Å²) in [5.41, 5.74) is 11.2. The number of nitrogens with two attached hydrogens (primary N) is 1. The van der Waals surface area contributed by atoms with E-state index in [2.05, 4.69) is 49.8 Å². The number of hydrogen-bond donors (Lipinski definition) is 1. The van der Waals surface area contributed by atoms with Gasteiger partial charge in [0.05, 0.1) is 11.4 Å². The Morgan fingerprint density at radius 1 is 0.947 bits per heavy atom. The molecule has 2 N–H and O–H groups in total. The Bertz CT molecular complexity index is 1570. The van der Waals surface area contributed by atoms with Gasteiger partial charge in [-0.1, -0.05) is 30.3 Å². The Hall–Kier alpha value is -4.02. The molecule has 0 radical (unpaired) electrons. The third kappa shape index (κ3) is 4.25. The summed E-state index contributed by atoms with van der Waals surface area (Å²) >= 11 is 0. The van der Waals surface area contributed by atoms with Gasteiger partial charge in [0.25, 0.3) is 6.01 Å². The van der Waals surface area contributed by atoms with E-state index < -0.39 is 0 Å². The number of nitrogen functional groups attached to an aromatic ring is 1. The predicted octanol–water partition coefficient (Wildman–Crippen LogP) is 3.89. The van der Waals surface area contributed by atoms with Gasteiger partial charge >= 0.3 is 0 Å². The highest BCUT2D eigenvalue weighted by molar-refractivity contribution is 6.00. The van der Waals surface area contributed by atoms with E-state index in [4.69, 9.17) is 30.0 Å². The fourth-order valence-corrected chi connectivity index (χ4v) is 5.64. The molecule has 3 aromatic heterocycles. The molecule has 5 aromatic rings. The molecule has 2 aromatic carbocycles. The van der Waals surface area contributed by atoms with E-state index >= 15 is 0 Å². The summed E-state index contributed by atoms with van der Waals surface area (Å²) in [6, 6.07) is 16.9. The first-order valence-electron chi connectivity index (χ1n) is 13.2.